The molecule has 0 saturated heterocycles. The second kappa shape index (κ2) is 5.01. The maximum absolute atomic E-state index is 3.79. The van der Waals surface area contributed by atoms with Gasteiger partial charge in [-0.1, -0.05) is 18.2 Å². The molecular weight excluding hydrogens is 262 g/mol. The molecule has 1 aliphatic carbocycles. The molecule has 2 heterocycles. The summed E-state index contributed by atoms with van der Waals surface area (Å²) >= 11 is 1.87. The summed E-state index contributed by atoms with van der Waals surface area (Å²) in [7, 11) is 0. The second-order valence-electron chi connectivity index (χ2n) is 6.25. The van der Waals surface area contributed by atoms with E-state index < -0.39 is 0 Å². The van der Waals surface area contributed by atoms with E-state index in [1.165, 1.54) is 42.5 Å². The van der Waals surface area contributed by atoms with Crippen LogP contribution in [0.5, 0.6) is 0 Å². The molecule has 2 unspecified atom stereocenters. The Morgan fingerprint density at radius 1 is 1.10 bits per heavy atom. The number of benzene rings is 1. The van der Waals surface area contributed by atoms with Gasteiger partial charge in [-0.25, -0.2) is 0 Å². The van der Waals surface area contributed by atoms with Gasteiger partial charge in [0.15, 0.2) is 0 Å². The van der Waals surface area contributed by atoms with Gasteiger partial charge in [0.2, 0.25) is 0 Å². The maximum atomic E-state index is 3.79. The van der Waals surface area contributed by atoms with Crippen molar-refractivity contribution in [2.45, 2.75) is 51.1 Å². The van der Waals surface area contributed by atoms with Crippen LogP contribution in [0.25, 0.3) is 0 Å². The molecule has 20 heavy (non-hydrogen) atoms. The lowest BCUT2D eigenvalue weighted by Crippen LogP contribution is -2.37. The number of aryl methyl sites for hydroxylation is 2. The predicted molar refractivity (Wildman–Crippen MR) is 85.5 cm³/mol. The fourth-order valence-corrected chi connectivity index (χ4v) is 4.56. The summed E-state index contributed by atoms with van der Waals surface area (Å²) in [5.41, 5.74) is 6.34. The fourth-order valence-electron chi connectivity index (χ4n) is 3.76. The van der Waals surface area contributed by atoms with Gasteiger partial charge in [0.05, 0.1) is 6.04 Å². The number of rotatable bonds is 1. The van der Waals surface area contributed by atoms with Crippen LogP contribution in [-0.2, 0) is 19.3 Å². The Bertz CT molecular complexity index is 615. The molecule has 0 radical (unpaired) electrons. The lowest BCUT2D eigenvalue weighted by atomic mass is 9.82. The first-order valence-electron chi connectivity index (χ1n) is 7.75. The van der Waals surface area contributed by atoms with Crippen LogP contribution >= 0.6 is 11.3 Å². The molecule has 2 heteroatoms. The summed E-state index contributed by atoms with van der Waals surface area (Å²) in [6.45, 7) is 2.31. The second-order valence-corrected chi connectivity index (χ2v) is 7.23. The number of hydrogen-bond acceptors (Lipinski definition) is 2. The third-order valence-electron chi connectivity index (χ3n) is 4.72. The Kier molecular flexibility index (Phi) is 3.16. The standard InChI is InChI=1S/C18H21NS/c1-12-9-15-10-13-5-2-3-6-14(13)11-16(15)18(19-12)17-7-4-8-20-17/h4,7-8,10-12,18-19H,2-3,5-6,9H2,1H3. The molecule has 2 aromatic rings. The SMILES string of the molecule is CC1Cc2cc3c(cc2C(c2cccs2)N1)CCCC3. The quantitative estimate of drug-likeness (QED) is 0.825. The molecule has 0 bridgehead atoms. The smallest absolute Gasteiger partial charge is 0.0675 e. The van der Waals surface area contributed by atoms with Crippen molar-refractivity contribution in [1.29, 1.82) is 0 Å². The van der Waals surface area contributed by atoms with Crippen LogP contribution in [0.1, 0.15) is 52.9 Å². The zero-order chi connectivity index (χ0) is 13.5. The molecule has 1 aromatic heterocycles. The average Bonchev–Trinajstić information content (AvgIpc) is 2.98. The highest BCUT2D eigenvalue weighted by atomic mass is 32.1. The van der Waals surface area contributed by atoms with E-state index in [-0.39, 0.29) is 0 Å². The minimum atomic E-state index is 0.404. The number of hydrogen-bond donors (Lipinski definition) is 1. The first-order valence-corrected chi connectivity index (χ1v) is 8.63. The minimum Gasteiger partial charge on any atom is -0.303 e. The van der Waals surface area contributed by atoms with Gasteiger partial charge in [0.25, 0.3) is 0 Å². The molecule has 1 aromatic carbocycles. The lowest BCUT2D eigenvalue weighted by molar-refractivity contribution is 0.467. The summed E-state index contributed by atoms with van der Waals surface area (Å²) in [6.07, 6.45) is 6.46. The van der Waals surface area contributed by atoms with Gasteiger partial charge in [-0.15, -0.1) is 11.3 Å². The Balaban J connectivity index is 1.83. The molecule has 0 amide bonds. The zero-order valence-electron chi connectivity index (χ0n) is 12.0. The Hall–Kier alpha value is -1.12. The Morgan fingerprint density at radius 3 is 2.65 bits per heavy atom. The van der Waals surface area contributed by atoms with E-state index in [0.717, 1.165) is 0 Å². The van der Waals surface area contributed by atoms with Crippen LogP contribution < -0.4 is 5.32 Å². The lowest BCUT2D eigenvalue weighted by Gasteiger charge is -2.33. The normalized spacial score (nSPS) is 25.1. The van der Waals surface area contributed by atoms with Crippen LogP contribution in [0.2, 0.25) is 0 Å². The summed E-state index contributed by atoms with van der Waals surface area (Å²) in [4.78, 5) is 1.45. The van der Waals surface area contributed by atoms with Crippen LogP contribution in [-0.4, -0.2) is 6.04 Å². The van der Waals surface area contributed by atoms with E-state index in [1.54, 1.807) is 16.7 Å². The van der Waals surface area contributed by atoms with Gasteiger partial charge in [-0.05, 0) is 72.7 Å². The van der Waals surface area contributed by atoms with Crippen LogP contribution in [0.15, 0.2) is 29.6 Å². The monoisotopic (exact) mass is 283 g/mol. The molecule has 2 aliphatic rings. The van der Waals surface area contributed by atoms with Crippen molar-refractivity contribution in [3.8, 4) is 0 Å². The van der Waals surface area contributed by atoms with E-state index in [9.17, 15) is 0 Å². The van der Waals surface area contributed by atoms with Crippen molar-refractivity contribution in [2.75, 3.05) is 0 Å². The van der Waals surface area contributed by atoms with E-state index in [1.807, 2.05) is 11.3 Å². The summed E-state index contributed by atoms with van der Waals surface area (Å²) < 4.78 is 0. The molecule has 0 saturated carbocycles. The van der Waals surface area contributed by atoms with Crippen molar-refractivity contribution < 1.29 is 0 Å². The molecule has 0 spiro atoms. The van der Waals surface area contributed by atoms with Gasteiger partial charge in [-0.2, -0.15) is 0 Å². The third-order valence-corrected chi connectivity index (χ3v) is 5.66. The van der Waals surface area contributed by atoms with Crippen molar-refractivity contribution in [3.05, 3.63) is 56.8 Å². The maximum Gasteiger partial charge on any atom is 0.0675 e. The highest BCUT2D eigenvalue weighted by Crippen LogP contribution is 2.36. The largest absolute Gasteiger partial charge is 0.303 e. The molecule has 4 rings (SSSR count). The van der Waals surface area contributed by atoms with E-state index in [2.05, 4.69) is 41.9 Å². The highest BCUT2D eigenvalue weighted by molar-refractivity contribution is 7.10. The topological polar surface area (TPSA) is 12.0 Å². The average molecular weight is 283 g/mol. The number of nitrogens with one attached hydrogen (secondary N) is 1. The molecule has 1 nitrogen and oxygen atoms in total. The van der Waals surface area contributed by atoms with E-state index in [4.69, 9.17) is 0 Å². The first-order chi connectivity index (χ1) is 9.81. The van der Waals surface area contributed by atoms with Gasteiger partial charge in [-0.3, -0.25) is 0 Å². The molecule has 1 N–H and O–H groups in total. The number of fused-ring (bicyclic) bond motifs is 2. The first kappa shape index (κ1) is 12.6. The van der Waals surface area contributed by atoms with Crippen LogP contribution in [0, 0.1) is 0 Å². The van der Waals surface area contributed by atoms with Gasteiger partial charge < -0.3 is 5.32 Å². The van der Waals surface area contributed by atoms with Crippen molar-refractivity contribution in [3.63, 3.8) is 0 Å². The Labute approximate surface area is 125 Å². The van der Waals surface area contributed by atoms with Gasteiger partial charge in [0, 0.05) is 10.9 Å². The number of thiophene rings is 1. The van der Waals surface area contributed by atoms with Gasteiger partial charge in [0.1, 0.15) is 0 Å². The van der Waals surface area contributed by atoms with Crippen LogP contribution in [0.3, 0.4) is 0 Å². The molecule has 104 valence electrons. The fraction of sp³-hybridized carbons (Fsp3) is 0.444. The van der Waals surface area contributed by atoms with Crippen molar-refractivity contribution >= 4 is 11.3 Å². The van der Waals surface area contributed by atoms with E-state index >= 15 is 0 Å². The predicted octanol–water partition coefficient (Wildman–Crippen LogP) is 4.25. The molecular formula is C18H21NS. The Morgan fingerprint density at radius 2 is 1.90 bits per heavy atom. The summed E-state index contributed by atoms with van der Waals surface area (Å²) in [5.74, 6) is 0. The van der Waals surface area contributed by atoms with Gasteiger partial charge >= 0.3 is 0 Å². The summed E-state index contributed by atoms with van der Waals surface area (Å²) in [6, 6.07) is 10.4. The van der Waals surface area contributed by atoms with Crippen molar-refractivity contribution in [1.82, 2.24) is 5.32 Å². The minimum absolute atomic E-state index is 0.404. The van der Waals surface area contributed by atoms with Crippen LogP contribution in [0.4, 0.5) is 0 Å². The highest BCUT2D eigenvalue weighted by Gasteiger charge is 2.27. The van der Waals surface area contributed by atoms with Crippen molar-refractivity contribution in [2.24, 2.45) is 0 Å². The molecule has 1 aliphatic heterocycles. The zero-order valence-corrected chi connectivity index (χ0v) is 12.8. The summed E-state index contributed by atoms with van der Waals surface area (Å²) in [5, 5.41) is 5.98. The third kappa shape index (κ3) is 2.11. The molecule has 2 atom stereocenters. The van der Waals surface area contributed by atoms with E-state index in [0.29, 0.717) is 12.1 Å². The molecule has 0 fully saturated rings.